The van der Waals surface area contributed by atoms with Crippen LogP contribution in [-0.4, -0.2) is 44.8 Å². The highest BCUT2D eigenvalue weighted by Gasteiger charge is 2.53. The molecule has 70 valence electrons. The second-order valence-electron chi connectivity index (χ2n) is 3.90. The van der Waals surface area contributed by atoms with Crippen LogP contribution in [0.1, 0.15) is 12.8 Å². The summed E-state index contributed by atoms with van der Waals surface area (Å²) in [6, 6.07) is 0. The summed E-state index contributed by atoms with van der Waals surface area (Å²) in [5, 5.41) is 37.7. The lowest BCUT2D eigenvalue weighted by Gasteiger charge is -2.17. The van der Waals surface area contributed by atoms with Crippen molar-refractivity contribution >= 4 is 0 Å². The van der Waals surface area contributed by atoms with Crippen molar-refractivity contribution < 1.29 is 20.4 Å². The van der Waals surface area contributed by atoms with Gasteiger partial charge in [0, 0.05) is 11.8 Å². The van der Waals surface area contributed by atoms with E-state index in [2.05, 4.69) is 0 Å². The zero-order chi connectivity index (χ0) is 8.88. The maximum Gasteiger partial charge on any atom is 0.0622 e. The van der Waals surface area contributed by atoms with Crippen LogP contribution in [0, 0.1) is 11.8 Å². The first-order chi connectivity index (χ1) is 5.61. The van der Waals surface area contributed by atoms with Gasteiger partial charge in [-0.2, -0.15) is 0 Å². The number of rotatable bonds is 0. The third-order valence-corrected chi connectivity index (χ3v) is 3.19. The van der Waals surface area contributed by atoms with E-state index in [4.69, 9.17) is 0 Å². The smallest absolute Gasteiger partial charge is 0.0622 e. The van der Waals surface area contributed by atoms with E-state index >= 15 is 0 Å². The molecule has 2 saturated carbocycles. The van der Waals surface area contributed by atoms with E-state index in [1.807, 2.05) is 0 Å². The fourth-order valence-electron chi connectivity index (χ4n) is 2.66. The predicted molar refractivity (Wildman–Crippen MR) is 40.2 cm³/mol. The van der Waals surface area contributed by atoms with Crippen LogP contribution in [0.15, 0.2) is 0 Å². The number of hydrogen-bond acceptors (Lipinski definition) is 4. The Hall–Kier alpha value is -0.160. The van der Waals surface area contributed by atoms with Crippen LogP contribution >= 0.6 is 0 Å². The van der Waals surface area contributed by atoms with Gasteiger partial charge in [0.15, 0.2) is 0 Å². The lowest BCUT2D eigenvalue weighted by atomic mass is 9.95. The fraction of sp³-hybridized carbons (Fsp3) is 1.00. The van der Waals surface area contributed by atoms with Crippen LogP contribution < -0.4 is 0 Å². The average molecular weight is 174 g/mol. The van der Waals surface area contributed by atoms with Crippen molar-refractivity contribution in [1.82, 2.24) is 0 Å². The van der Waals surface area contributed by atoms with Crippen LogP contribution in [0.2, 0.25) is 0 Å². The van der Waals surface area contributed by atoms with E-state index in [9.17, 15) is 20.4 Å². The largest absolute Gasteiger partial charge is 0.393 e. The van der Waals surface area contributed by atoms with Gasteiger partial charge in [-0.3, -0.25) is 0 Å². The second-order valence-corrected chi connectivity index (χ2v) is 3.90. The minimum absolute atomic E-state index is 0.281. The molecule has 0 spiro atoms. The first kappa shape index (κ1) is 8.44. The van der Waals surface area contributed by atoms with Gasteiger partial charge < -0.3 is 20.4 Å². The molecule has 0 heterocycles. The molecule has 2 rings (SSSR count). The third-order valence-electron chi connectivity index (χ3n) is 3.19. The molecule has 4 atom stereocenters. The Balaban J connectivity index is 2.20. The number of fused-ring (bicyclic) bond motifs is 1. The standard InChI is InChI=1S/C8H14O4/c9-3-1-4(10)8-6(12)2-5(11)7(3)8/h3-12H,1-2H2. The van der Waals surface area contributed by atoms with E-state index in [0.717, 1.165) is 0 Å². The third kappa shape index (κ3) is 0.992. The number of aliphatic hydroxyl groups is 4. The van der Waals surface area contributed by atoms with Gasteiger partial charge in [-0.15, -0.1) is 0 Å². The summed E-state index contributed by atoms with van der Waals surface area (Å²) in [6.45, 7) is 0. The topological polar surface area (TPSA) is 80.9 Å². The summed E-state index contributed by atoms with van der Waals surface area (Å²) in [4.78, 5) is 0. The normalized spacial score (nSPS) is 59.0. The molecule has 4 nitrogen and oxygen atoms in total. The van der Waals surface area contributed by atoms with Gasteiger partial charge >= 0.3 is 0 Å². The fourth-order valence-corrected chi connectivity index (χ4v) is 2.66. The van der Waals surface area contributed by atoms with Gasteiger partial charge in [-0.05, 0) is 12.8 Å². The van der Waals surface area contributed by atoms with Crippen LogP contribution in [0.25, 0.3) is 0 Å². The summed E-state index contributed by atoms with van der Waals surface area (Å²) < 4.78 is 0. The summed E-state index contributed by atoms with van der Waals surface area (Å²) in [6.07, 6.45) is -2.06. The lowest BCUT2D eigenvalue weighted by Crippen LogP contribution is -2.27. The first-order valence-electron chi connectivity index (χ1n) is 4.33. The quantitative estimate of drug-likeness (QED) is 0.359. The molecule has 4 N–H and O–H groups in total. The van der Waals surface area contributed by atoms with Gasteiger partial charge in [0.25, 0.3) is 0 Å². The van der Waals surface area contributed by atoms with Crippen LogP contribution in [-0.2, 0) is 0 Å². The Bertz CT molecular complexity index is 148. The maximum absolute atomic E-state index is 9.43. The second kappa shape index (κ2) is 2.67. The Kier molecular flexibility index (Phi) is 1.88. The molecule has 12 heavy (non-hydrogen) atoms. The zero-order valence-corrected chi connectivity index (χ0v) is 6.67. The van der Waals surface area contributed by atoms with Gasteiger partial charge in [0.2, 0.25) is 0 Å². The molecule has 0 aromatic carbocycles. The average Bonchev–Trinajstić information content (AvgIpc) is 2.38. The van der Waals surface area contributed by atoms with E-state index in [1.54, 1.807) is 0 Å². The van der Waals surface area contributed by atoms with Crippen molar-refractivity contribution in [2.45, 2.75) is 37.3 Å². The SMILES string of the molecule is OC1CC(O)C2C(O)CC(O)C12. The highest BCUT2D eigenvalue weighted by atomic mass is 16.3. The molecule has 4 unspecified atom stereocenters. The molecule has 0 aromatic heterocycles. The van der Waals surface area contributed by atoms with E-state index in [0.29, 0.717) is 0 Å². The number of hydrogen-bond donors (Lipinski definition) is 4. The minimum atomic E-state index is -0.655. The van der Waals surface area contributed by atoms with Gasteiger partial charge in [-0.25, -0.2) is 0 Å². The van der Waals surface area contributed by atoms with Crippen LogP contribution in [0.5, 0.6) is 0 Å². The minimum Gasteiger partial charge on any atom is -0.393 e. The molecule has 0 saturated heterocycles. The molecular formula is C8H14O4. The molecule has 0 amide bonds. The molecule has 0 aliphatic heterocycles. The van der Waals surface area contributed by atoms with Crippen molar-refractivity contribution in [2.24, 2.45) is 11.8 Å². The molecule has 4 heteroatoms. The highest BCUT2D eigenvalue weighted by Crippen LogP contribution is 2.44. The van der Waals surface area contributed by atoms with Crippen molar-refractivity contribution in [2.75, 3.05) is 0 Å². The maximum atomic E-state index is 9.43. The van der Waals surface area contributed by atoms with E-state index in [1.165, 1.54) is 0 Å². The van der Waals surface area contributed by atoms with E-state index < -0.39 is 24.4 Å². The molecular weight excluding hydrogens is 160 g/mol. The molecule has 2 aliphatic carbocycles. The summed E-state index contributed by atoms with van der Waals surface area (Å²) >= 11 is 0. The number of aliphatic hydroxyl groups excluding tert-OH is 4. The summed E-state index contributed by atoms with van der Waals surface area (Å²) in [7, 11) is 0. The summed E-state index contributed by atoms with van der Waals surface area (Å²) in [5.74, 6) is -0.648. The first-order valence-corrected chi connectivity index (χ1v) is 4.33. The Morgan fingerprint density at radius 1 is 0.583 bits per heavy atom. The Morgan fingerprint density at radius 2 is 0.833 bits per heavy atom. The van der Waals surface area contributed by atoms with Gasteiger partial charge in [0.1, 0.15) is 0 Å². The van der Waals surface area contributed by atoms with Gasteiger partial charge in [0.05, 0.1) is 24.4 Å². The van der Waals surface area contributed by atoms with E-state index in [-0.39, 0.29) is 24.7 Å². The van der Waals surface area contributed by atoms with Gasteiger partial charge in [-0.1, -0.05) is 0 Å². The zero-order valence-electron chi connectivity index (χ0n) is 6.67. The molecule has 0 aromatic rings. The van der Waals surface area contributed by atoms with Crippen molar-refractivity contribution in [3.8, 4) is 0 Å². The Morgan fingerprint density at radius 3 is 1.08 bits per heavy atom. The summed E-state index contributed by atoms with van der Waals surface area (Å²) in [5.41, 5.74) is 0. The monoisotopic (exact) mass is 174 g/mol. The molecule has 2 fully saturated rings. The Labute approximate surface area is 70.5 Å². The molecule has 0 radical (unpaired) electrons. The van der Waals surface area contributed by atoms with Crippen molar-refractivity contribution in [1.29, 1.82) is 0 Å². The van der Waals surface area contributed by atoms with Crippen LogP contribution in [0.3, 0.4) is 0 Å². The highest BCUT2D eigenvalue weighted by molar-refractivity contribution is 5.03. The van der Waals surface area contributed by atoms with Crippen LogP contribution in [0.4, 0.5) is 0 Å². The molecule has 2 aliphatic rings. The molecule has 0 bridgehead atoms. The van der Waals surface area contributed by atoms with Crippen molar-refractivity contribution in [3.05, 3.63) is 0 Å². The lowest BCUT2D eigenvalue weighted by molar-refractivity contribution is 0.0351. The van der Waals surface area contributed by atoms with Crippen molar-refractivity contribution in [3.63, 3.8) is 0 Å². The predicted octanol–water partition coefficient (Wildman–Crippen LogP) is -1.53.